The van der Waals surface area contributed by atoms with E-state index < -0.39 is 10.0 Å². The van der Waals surface area contributed by atoms with Gasteiger partial charge in [-0.15, -0.1) is 0 Å². The zero-order valence-corrected chi connectivity index (χ0v) is 14.0. The summed E-state index contributed by atoms with van der Waals surface area (Å²) in [7, 11) is -0.581. The van der Waals surface area contributed by atoms with E-state index in [0.29, 0.717) is 36.2 Å². The molecule has 0 saturated heterocycles. The van der Waals surface area contributed by atoms with E-state index in [-0.39, 0.29) is 4.90 Å². The van der Waals surface area contributed by atoms with Crippen LogP contribution < -0.4 is 19.5 Å². The SMILES string of the molecule is COc1cc(C)c(S(=O)(=O)NCCNC(C)C)cc1OC. The number of rotatable bonds is 8. The van der Waals surface area contributed by atoms with Crippen molar-refractivity contribution in [2.24, 2.45) is 0 Å². The number of benzene rings is 1. The first-order chi connectivity index (χ1) is 9.81. The van der Waals surface area contributed by atoms with Gasteiger partial charge in [0.15, 0.2) is 11.5 Å². The van der Waals surface area contributed by atoms with Gasteiger partial charge in [0, 0.05) is 25.2 Å². The summed E-state index contributed by atoms with van der Waals surface area (Å²) in [5, 5.41) is 3.15. The molecule has 1 aromatic carbocycles. The van der Waals surface area contributed by atoms with E-state index in [1.54, 1.807) is 13.0 Å². The first kappa shape index (κ1) is 17.7. The van der Waals surface area contributed by atoms with E-state index in [1.165, 1.54) is 20.3 Å². The van der Waals surface area contributed by atoms with E-state index in [9.17, 15) is 8.42 Å². The quantitative estimate of drug-likeness (QED) is 0.707. The van der Waals surface area contributed by atoms with Crippen LogP contribution in [0.25, 0.3) is 0 Å². The number of sulfonamides is 1. The van der Waals surface area contributed by atoms with Crippen molar-refractivity contribution in [2.45, 2.75) is 31.7 Å². The maximum atomic E-state index is 12.3. The second-order valence-electron chi connectivity index (χ2n) is 4.98. The van der Waals surface area contributed by atoms with E-state index >= 15 is 0 Å². The minimum atomic E-state index is -3.57. The zero-order valence-electron chi connectivity index (χ0n) is 13.2. The standard InChI is InChI=1S/C14H24N2O4S/c1-10(2)15-6-7-16-21(17,18)14-9-13(20-5)12(19-4)8-11(14)3/h8-10,15-16H,6-7H2,1-5H3. The van der Waals surface area contributed by atoms with Crippen LogP contribution in [0.1, 0.15) is 19.4 Å². The first-order valence-electron chi connectivity index (χ1n) is 6.77. The number of ether oxygens (including phenoxy) is 2. The molecule has 2 N–H and O–H groups in total. The van der Waals surface area contributed by atoms with Crippen LogP contribution in [-0.2, 0) is 10.0 Å². The van der Waals surface area contributed by atoms with Gasteiger partial charge in [-0.1, -0.05) is 13.8 Å². The number of aryl methyl sites for hydroxylation is 1. The smallest absolute Gasteiger partial charge is 0.241 e. The largest absolute Gasteiger partial charge is 0.493 e. The number of hydrogen-bond donors (Lipinski definition) is 2. The Bertz CT molecular complexity index is 571. The molecule has 0 radical (unpaired) electrons. The number of hydrogen-bond acceptors (Lipinski definition) is 5. The summed E-state index contributed by atoms with van der Waals surface area (Å²) >= 11 is 0. The monoisotopic (exact) mass is 316 g/mol. The van der Waals surface area contributed by atoms with Crippen molar-refractivity contribution in [1.29, 1.82) is 0 Å². The molecule has 6 nitrogen and oxygen atoms in total. The molecule has 0 heterocycles. The van der Waals surface area contributed by atoms with Gasteiger partial charge >= 0.3 is 0 Å². The van der Waals surface area contributed by atoms with Crippen molar-refractivity contribution in [2.75, 3.05) is 27.3 Å². The Labute approximate surface area is 126 Å². The molecule has 1 aromatic rings. The molecule has 1 rings (SSSR count). The van der Waals surface area contributed by atoms with Crippen molar-refractivity contribution in [3.63, 3.8) is 0 Å². The number of methoxy groups -OCH3 is 2. The summed E-state index contributed by atoms with van der Waals surface area (Å²) in [4.78, 5) is 0.199. The minimum Gasteiger partial charge on any atom is -0.493 e. The Morgan fingerprint density at radius 1 is 1.10 bits per heavy atom. The lowest BCUT2D eigenvalue weighted by Gasteiger charge is -2.14. The molecular formula is C14H24N2O4S. The molecule has 7 heteroatoms. The Balaban J connectivity index is 2.92. The fourth-order valence-electron chi connectivity index (χ4n) is 1.88. The van der Waals surface area contributed by atoms with Crippen molar-refractivity contribution in [1.82, 2.24) is 10.0 Å². The molecule has 0 bridgehead atoms. The maximum absolute atomic E-state index is 12.3. The summed E-state index contributed by atoms with van der Waals surface area (Å²) in [6.07, 6.45) is 0. The van der Waals surface area contributed by atoms with Gasteiger partial charge in [-0.3, -0.25) is 0 Å². The fraction of sp³-hybridized carbons (Fsp3) is 0.571. The Morgan fingerprint density at radius 2 is 1.67 bits per heavy atom. The van der Waals surface area contributed by atoms with E-state index in [2.05, 4.69) is 10.0 Å². The van der Waals surface area contributed by atoms with Crippen LogP contribution in [0, 0.1) is 6.92 Å². The average Bonchev–Trinajstić information content (AvgIpc) is 2.42. The van der Waals surface area contributed by atoms with Gasteiger partial charge in [0.2, 0.25) is 10.0 Å². The van der Waals surface area contributed by atoms with Gasteiger partial charge in [0.25, 0.3) is 0 Å². The summed E-state index contributed by atoms with van der Waals surface area (Å²) < 4.78 is 37.5. The summed E-state index contributed by atoms with van der Waals surface area (Å²) in [5.41, 5.74) is 0.608. The van der Waals surface area contributed by atoms with Crippen LogP contribution in [0.4, 0.5) is 0 Å². The van der Waals surface area contributed by atoms with Gasteiger partial charge in [-0.05, 0) is 18.6 Å². The first-order valence-corrected chi connectivity index (χ1v) is 8.25. The molecule has 120 valence electrons. The third-order valence-electron chi connectivity index (χ3n) is 2.94. The van der Waals surface area contributed by atoms with Gasteiger partial charge < -0.3 is 14.8 Å². The molecule has 0 aliphatic rings. The van der Waals surface area contributed by atoms with Crippen LogP contribution in [0.5, 0.6) is 11.5 Å². The molecule has 0 spiro atoms. The van der Waals surface area contributed by atoms with Crippen LogP contribution in [0.3, 0.4) is 0 Å². The van der Waals surface area contributed by atoms with Gasteiger partial charge in [0.1, 0.15) is 0 Å². The Morgan fingerprint density at radius 3 is 2.19 bits per heavy atom. The molecule has 21 heavy (non-hydrogen) atoms. The summed E-state index contributed by atoms with van der Waals surface area (Å²) in [6, 6.07) is 3.45. The second kappa shape index (κ2) is 7.63. The van der Waals surface area contributed by atoms with Crippen LogP contribution in [0.2, 0.25) is 0 Å². The second-order valence-corrected chi connectivity index (χ2v) is 6.71. The predicted molar refractivity (Wildman–Crippen MR) is 82.6 cm³/mol. The lowest BCUT2D eigenvalue weighted by Crippen LogP contribution is -2.34. The lowest BCUT2D eigenvalue weighted by molar-refractivity contribution is 0.353. The molecule has 0 atom stereocenters. The predicted octanol–water partition coefficient (Wildman–Crippen LogP) is 1.29. The Kier molecular flexibility index (Phi) is 6.44. The molecule has 0 aliphatic carbocycles. The van der Waals surface area contributed by atoms with Gasteiger partial charge in [-0.25, -0.2) is 13.1 Å². The lowest BCUT2D eigenvalue weighted by atomic mass is 10.2. The van der Waals surface area contributed by atoms with Crippen LogP contribution in [-0.4, -0.2) is 41.8 Å². The third-order valence-corrected chi connectivity index (χ3v) is 4.54. The summed E-state index contributed by atoms with van der Waals surface area (Å²) in [5.74, 6) is 0.902. The van der Waals surface area contributed by atoms with E-state index in [0.717, 1.165) is 0 Å². The average molecular weight is 316 g/mol. The maximum Gasteiger partial charge on any atom is 0.241 e. The van der Waals surface area contributed by atoms with Crippen LogP contribution >= 0.6 is 0 Å². The molecule has 0 aliphatic heterocycles. The highest BCUT2D eigenvalue weighted by molar-refractivity contribution is 7.89. The molecule has 0 fully saturated rings. The van der Waals surface area contributed by atoms with Crippen molar-refractivity contribution < 1.29 is 17.9 Å². The molecule has 0 unspecified atom stereocenters. The van der Waals surface area contributed by atoms with E-state index in [1.807, 2.05) is 13.8 Å². The highest BCUT2D eigenvalue weighted by atomic mass is 32.2. The minimum absolute atomic E-state index is 0.199. The van der Waals surface area contributed by atoms with E-state index in [4.69, 9.17) is 9.47 Å². The fourth-order valence-corrected chi connectivity index (χ4v) is 3.15. The van der Waals surface area contributed by atoms with Crippen molar-refractivity contribution in [3.8, 4) is 11.5 Å². The van der Waals surface area contributed by atoms with Crippen molar-refractivity contribution >= 4 is 10.0 Å². The van der Waals surface area contributed by atoms with Crippen molar-refractivity contribution in [3.05, 3.63) is 17.7 Å². The van der Waals surface area contributed by atoms with Crippen LogP contribution in [0.15, 0.2) is 17.0 Å². The highest BCUT2D eigenvalue weighted by Crippen LogP contribution is 2.32. The number of nitrogens with one attached hydrogen (secondary N) is 2. The topological polar surface area (TPSA) is 76.7 Å². The summed E-state index contributed by atoms with van der Waals surface area (Å²) in [6.45, 7) is 6.64. The highest BCUT2D eigenvalue weighted by Gasteiger charge is 2.19. The zero-order chi connectivity index (χ0) is 16.0. The normalized spacial score (nSPS) is 11.7. The van der Waals surface area contributed by atoms with Gasteiger partial charge in [0.05, 0.1) is 19.1 Å². The molecular weight excluding hydrogens is 292 g/mol. The molecule has 0 saturated carbocycles. The Hall–Kier alpha value is -1.31. The molecule has 0 aromatic heterocycles. The third kappa shape index (κ3) is 4.87. The molecule has 0 amide bonds. The van der Waals surface area contributed by atoms with Gasteiger partial charge in [-0.2, -0.15) is 0 Å².